The molecule has 0 bridgehead atoms. The number of methoxy groups -OCH3 is 1. The second-order valence-electron chi connectivity index (χ2n) is 4.57. The van der Waals surface area contributed by atoms with Crippen LogP contribution in [0.2, 0.25) is 0 Å². The molecule has 0 aliphatic carbocycles. The molecule has 106 valence electrons. The second-order valence-corrected chi connectivity index (χ2v) is 4.57. The van der Waals surface area contributed by atoms with Crippen molar-refractivity contribution in [1.29, 1.82) is 0 Å². The van der Waals surface area contributed by atoms with Crippen molar-refractivity contribution in [2.24, 2.45) is 0 Å². The van der Waals surface area contributed by atoms with E-state index in [1.165, 1.54) is 12.1 Å². The molecule has 0 aromatic heterocycles. The van der Waals surface area contributed by atoms with Gasteiger partial charge in [0.1, 0.15) is 11.6 Å². The van der Waals surface area contributed by atoms with E-state index < -0.39 is 0 Å². The lowest BCUT2D eigenvalue weighted by atomic mass is 10.1. The lowest BCUT2D eigenvalue weighted by Crippen LogP contribution is -2.22. The Morgan fingerprint density at radius 1 is 1.20 bits per heavy atom. The maximum absolute atomic E-state index is 13.3. The molecule has 0 fully saturated rings. The third-order valence-electron chi connectivity index (χ3n) is 3.22. The standard InChI is InChI=1S/C16H19FN2O/c1-3-19(14-6-4-5-13(17)10-14)11-12-7-8-16(20-2)15(18)9-12/h4-10H,3,11,18H2,1-2H3. The number of benzene rings is 2. The number of nitrogens with two attached hydrogens (primary N) is 1. The van der Waals surface area contributed by atoms with Gasteiger partial charge >= 0.3 is 0 Å². The third-order valence-corrected chi connectivity index (χ3v) is 3.22. The minimum absolute atomic E-state index is 0.227. The topological polar surface area (TPSA) is 38.5 Å². The number of anilines is 2. The molecule has 0 aliphatic heterocycles. The molecule has 0 unspecified atom stereocenters. The van der Waals surface area contributed by atoms with E-state index in [9.17, 15) is 4.39 Å². The van der Waals surface area contributed by atoms with E-state index in [4.69, 9.17) is 10.5 Å². The summed E-state index contributed by atoms with van der Waals surface area (Å²) in [6.07, 6.45) is 0. The van der Waals surface area contributed by atoms with E-state index in [-0.39, 0.29) is 5.82 Å². The lowest BCUT2D eigenvalue weighted by Gasteiger charge is -2.23. The highest BCUT2D eigenvalue weighted by Gasteiger charge is 2.08. The van der Waals surface area contributed by atoms with Crippen molar-refractivity contribution < 1.29 is 9.13 Å². The van der Waals surface area contributed by atoms with Gasteiger partial charge in [0.15, 0.2) is 0 Å². The molecule has 0 atom stereocenters. The van der Waals surface area contributed by atoms with Crippen molar-refractivity contribution in [2.75, 3.05) is 24.3 Å². The van der Waals surface area contributed by atoms with E-state index in [0.29, 0.717) is 18.0 Å². The fourth-order valence-corrected chi connectivity index (χ4v) is 2.16. The van der Waals surface area contributed by atoms with Crippen LogP contribution in [0.15, 0.2) is 42.5 Å². The number of ether oxygens (including phenoxy) is 1. The summed E-state index contributed by atoms with van der Waals surface area (Å²) in [4.78, 5) is 2.09. The summed E-state index contributed by atoms with van der Waals surface area (Å²) in [5.74, 6) is 0.442. The Hall–Kier alpha value is -2.23. The highest BCUT2D eigenvalue weighted by atomic mass is 19.1. The van der Waals surface area contributed by atoms with Gasteiger partial charge in [-0.05, 0) is 42.8 Å². The van der Waals surface area contributed by atoms with E-state index >= 15 is 0 Å². The monoisotopic (exact) mass is 274 g/mol. The smallest absolute Gasteiger partial charge is 0.141 e. The van der Waals surface area contributed by atoms with Gasteiger partial charge in [0.25, 0.3) is 0 Å². The highest BCUT2D eigenvalue weighted by molar-refractivity contribution is 5.55. The van der Waals surface area contributed by atoms with Crippen molar-refractivity contribution in [1.82, 2.24) is 0 Å². The Balaban J connectivity index is 2.20. The molecular weight excluding hydrogens is 255 g/mol. The van der Waals surface area contributed by atoms with Gasteiger partial charge in [0.05, 0.1) is 12.8 Å². The SMILES string of the molecule is CCN(Cc1ccc(OC)c(N)c1)c1cccc(F)c1. The number of hydrogen-bond acceptors (Lipinski definition) is 3. The molecule has 0 radical (unpaired) electrons. The average molecular weight is 274 g/mol. The normalized spacial score (nSPS) is 10.3. The fraction of sp³-hybridized carbons (Fsp3) is 0.250. The van der Waals surface area contributed by atoms with Gasteiger partial charge in [0.2, 0.25) is 0 Å². The Morgan fingerprint density at radius 2 is 2.00 bits per heavy atom. The van der Waals surface area contributed by atoms with Crippen LogP contribution in [0.5, 0.6) is 5.75 Å². The predicted molar refractivity (Wildman–Crippen MR) is 80.5 cm³/mol. The lowest BCUT2D eigenvalue weighted by molar-refractivity contribution is 0.417. The van der Waals surface area contributed by atoms with Gasteiger partial charge in [-0.3, -0.25) is 0 Å². The number of halogens is 1. The summed E-state index contributed by atoms with van der Waals surface area (Å²) < 4.78 is 18.4. The zero-order chi connectivity index (χ0) is 14.5. The minimum Gasteiger partial charge on any atom is -0.495 e. The van der Waals surface area contributed by atoms with Crippen LogP contribution in [0, 0.1) is 5.82 Å². The molecular formula is C16H19FN2O. The zero-order valence-electron chi connectivity index (χ0n) is 11.8. The molecule has 4 heteroatoms. The summed E-state index contributed by atoms with van der Waals surface area (Å²) in [6.45, 7) is 3.50. The Labute approximate surface area is 118 Å². The summed E-state index contributed by atoms with van der Waals surface area (Å²) in [5, 5.41) is 0. The van der Waals surface area contributed by atoms with Crippen LogP contribution in [0.25, 0.3) is 0 Å². The van der Waals surface area contributed by atoms with E-state index in [1.54, 1.807) is 13.2 Å². The fourth-order valence-electron chi connectivity index (χ4n) is 2.16. The molecule has 2 rings (SSSR count). The number of nitrogens with zero attached hydrogens (tertiary/aromatic N) is 1. The summed E-state index contributed by atoms with van der Waals surface area (Å²) in [7, 11) is 1.59. The Bertz CT molecular complexity index is 586. The molecule has 2 N–H and O–H groups in total. The average Bonchev–Trinajstić information content (AvgIpc) is 2.45. The summed E-state index contributed by atoms with van der Waals surface area (Å²) >= 11 is 0. The molecule has 0 saturated carbocycles. The largest absolute Gasteiger partial charge is 0.495 e. The molecule has 0 saturated heterocycles. The summed E-state index contributed by atoms with van der Waals surface area (Å²) in [6, 6.07) is 12.3. The van der Waals surface area contributed by atoms with Gasteiger partial charge < -0.3 is 15.4 Å². The first kappa shape index (κ1) is 14.2. The quantitative estimate of drug-likeness (QED) is 0.849. The first-order valence-corrected chi connectivity index (χ1v) is 6.57. The van der Waals surface area contributed by atoms with E-state index in [2.05, 4.69) is 4.90 Å². The van der Waals surface area contributed by atoms with Crippen LogP contribution in [-0.2, 0) is 6.54 Å². The van der Waals surface area contributed by atoms with Crippen molar-refractivity contribution in [3.63, 3.8) is 0 Å². The van der Waals surface area contributed by atoms with Crippen molar-refractivity contribution in [3.05, 3.63) is 53.8 Å². The zero-order valence-corrected chi connectivity index (χ0v) is 11.8. The number of hydrogen-bond donors (Lipinski definition) is 1. The number of nitrogen functional groups attached to an aromatic ring is 1. The summed E-state index contributed by atoms with van der Waals surface area (Å²) in [5.41, 5.74) is 8.45. The van der Waals surface area contributed by atoms with Gasteiger partial charge in [0, 0.05) is 18.8 Å². The first-order valence-electron chi connectivity index (χ1n) is 6.57. The molecule has 20 heavy (non-hydrogen) atoms. The van der Waals surface area contributed by atoms with Crippen molar-refractivity contribution in [2.45, 2.75) is 13.5 Å². The van der Waals surface area contributed by atoms with Crippen molar-refractivity contribution in [3.8, 4) is 5.75 Å². The Kier molecular flexibility index (Phi) is 4.45. The third kappa shape index (κ3) is 3.20. The molecule has 2 aromatic carbocycles. The van der Waals surface area contributed by atoms with E-state index in [1.807, 2.05) is 31.2 Å². The number of rotatable bonds is 5. The van der Waals surface area contributed by atoms with Gasteiger partial charge in [-0.15, -0.1) is 0 Å². The maximum atomic E-state index is 13.3. The van der Waals surface area contributed by atoms with Gasteiger partial charge in [-0.25, -0.2) is 4.39 Å². The van der Waals surface area contributed by atoms with Crippen LogP contribution in [0.3, 0.4) is 0 Å². The van der Waals surface area contributed by atoms with Crippen LogP contribution in [0.4, 0.5) is 15.8 Å². The maximum Gasteiger partial charge on any atom is 0.141 e. The molecule has 0 heterocycles. The van der Waals surface area contributed by atoms with Gasteiger partial charge in [-0.1, -0.05) is 12.1 Å². The Morgan fingerprint density at radius 3 is 2.60 bits per heavy atom. The van der Waals surface area contributed by atoms with Crippen LogP contribution in [0.1, 0.15) is 12.5 Å². The van der Waals surface area contributed by atoms with Crippen LogP contribution in [-0.4, -0.2) is 13.7 Å². The van der Waals surface area contributed by atoms with Crippen LogP contribution < -0.4 is 15.4 Å². The molecule has 3 nitrogen and oxygen atoms in total. The highest BCUT2D eigenvalue weighted by Crippen LogP contribution is 2.24. The molecule has 0 spiro atoms. The molecule has 0 amide bonds. The van der Waals surface area contributed by atoms with E-state index in [0.717, 1.165) is 17.8 Å². The molecule has 0 aliphatic rings. The first-order chi connectivity index (χ1) is 9.63. The molecule has 2 aromatic rings. The van der Waals surface area contributed by atoms with Crippen LogP contribution >= 0.6 is 0 Å². The predicted octanol–water partition coefficient (Wildman–Crippen LogP) is 3.44. The second kappa shape index (κ2) is 6.28. The van der Waals surface area contributed by atoms with Crippen molar-refractivity contribution >= 4 is 11.4 Å². The van der Waals surface area contributed by atoms with Gasteiger partial charge in [-0.2, -0.15) is 0 Å². The minimum atomic E-state index is -0.227.